The van der Waals surface area contributed by atoms with Gasteiger partial charge in [0.05, 0.1) is 24.0 Å². The Morgan fingerprint density at radius 3 is 1.33 bits per heavy atom. The average molecular weight is 338 g/mol. The molecule has 0 radical (unpaired) electrons. The van der Waals surface area contributed by atoms with Gasteiger partial charge in [-0.1, -0.05) is 25.7 Å². The molecule has 0 spiro atoms. The molecule has 0 aliphatic heterocycles. The maximum Gasteiger partial charge on any atom is 0.309 e. The van der Waals surface area contributed by atoms with E-state index in [2.05, 4.69) is 0 Å². The third-order valence-electron chi connectivity index (χ3n) is 5.50. The summed E-state index contributed by atoms with van der Waals surface area (Å²) in [5, 5.41) is 0. The molecule has 24 heavy (non-hydrogen) atoms. The van der Waals surface area contributed by atoms with Crippen molar-refractivity contribution < 1.29 is 19.1 Å². The van der Waals surface area contributed by atoms with Gasteiger partial charge >= 0.3 is 11.9 Å². The van der Waals surface area contributed by atoms with Crippen LogP contribution in [0.5, 0.6) is 0 Å². The van der Waals surface area contributed by atoms with Gasteiger partial charge in [0, 0.05) is 0 Å². The predicted octanol–water partition coefficient (Wildman–Crippen LogP) is 4.50. The van der Waals surface area contributed by atoms with Crippen LogP contribution in [0.1, 0.15) is 79.1 Å². The molecule has 4 heteroatoms. The largest absolute Gasteiger partial charge is 0.463 e. The molecule has 0 bridgehead atoms. The number of esters is 2. The summed E-state index contributed by atoms with van der Waals surface area (Å²) in [5.41, 5.74) is 0. The van der Waals surface area contributed by atoms with Crippen LogP contribution in [0.2, 0.25) is 0 Å². The second kappa shape index (κ2) is 8.87. The van der Waals surface area contributed by atoms with Crippen LogP contribution in [0.3, 0.4) is 0 Å². The molecular formula is C20H34O4. The molecule has 0 saturated heterocycles. The van der Waals surface area contributed by atoms with Gasteiger partial charge < -0.3 is 9.47 Å². The lowest BCUT2D eigenvalue weighted by Gasteiger charge is -2.41. The highest BCUT2D eigenvalue weighted by atomic mass is 16.5. The number of hydrogen-bond donors (Lipinski definition) is 0. The molecule has 4 atom stereocenters. The van der Waals surface area contributed by atoms with Crippen molar-refractivity contribution in [2.75, 3.05) is 0 Å². The first-order valence-corrected chi connectivity index (χ1v) is 9.81. The molecule has 2 saturated carbocycles. The van der Waals surface area contributed by atoms with Crippen molar-refractivity contribution in [2.45, 2.75) is 91.3 Å². The molecule has 2 aliphatic carbocycles. The molecule has 2 fully saturated rings. The van der Waals surface area contributed by atoms with E-state index in [9.17, 15) is 9.59 Å². The van der Waals surface area contributed by atoms with Gasteiger partial charge in [0.1, 0.15) is 0 Å². The fourth-order valence-corrected chi connectivity index (χ4v) is 4.57. The van der Waals surface area contributed by atoms with Gasteiger partial charge in [0.2, 0.25) is 0 Å². The first kappa shape index (κ1) is 19.3. The summed E-state index contributed by atoms with van der Waals surface area (Å²) >= 11 is 0. The third-order valence-corrected chi connectivity index (χ3v) is 5.50. The summed E-state index contributed by atoms with van der Waals surface area (Å²) in [4.78, 5) is 25.2. The summed E-state index contributed by atoms with van der Waals surface area (Å²) in [5.74, 6) is 0.342. The molecule has 2 rings (SSSR count). The molecule has 0 heterocycles. The van der Waals surface area contributed by atoms with Crippen molar-refractivity contribution in [3.63, 3.8) is 0 Å². The average Bonchev–Trinajstić information content (AvgIpc) is 2.53. The number of rotatable bonds is 5. The number of hydrogen-bond acceptors (Lipinski definition) is 4. The van der Waals surface area contributed by atoms with Gasteiger partial charge in [-0.25, -0.2) is 0 Å². The van der Waals surface area contributed by atoms with E-state index >= 15 is 0 Å². The summed E-state index contributed by atoms with van der Waals surface area (Å²) < 4.78 is 11.0. The normalized spacial score (nSPS) is 31.1. The van der Waals surface area contributed by atoms with Crippen LogP contribution in [-0.2, 0) is 19.1 Å². The topological polar surface area (TPSA) is 52.6 Å². The second-order valence-corrected chi connectivity index (χ2v) is 8.08. The maximum atomic E-state index is 12.6. The molecule has 2 aliphatic rings. The van der Waals surface area contributed by atoms with E-state index in [1.165, 1.54) is 0 Å². The zero-order valence-corrected chi connectivity index (χ0v) is 15.8. The minimum absolute atomic E-state index is 0.0430. The number of carbonyl (C=O) groups excluding carboxylic acids is 2. The highest BCUT2D eigenvalue weighted by molar-refractivity contribution is 5.75. The molecule has 0 N–H and O–H groups in total. The Bertz CT molecular complexity index is 389. The van der Waals surface area contributed by atoms with Gasteiger partial charge in [-0.05, 0) is 65.2 Å². The summed E-state index contributed by atoms with van der Waals surface area (Å²) in [7, 11) is 0. The lowest BCUT2D eigenvalue weighted by molar-refractivity contribution is -0.163. The number of carbonyl (C=O) groups is 2. The smallest absolute Gasteiger partial charge is 0.309 e. The summed E-state index contributed by atoms with van der Waals surface area (Å²) in [6.45, 7) is 7.61. The second-order valence-electron chi connectivity index (χ2n) is 8.08. The fraction of sp³-hybridized carbons (Fsp3) is 0.900. The van der Waals surface area contributed by atoms with Crippen LogP contribution < -0.4 is 0 Å². The van der Waals surface area contributed by atoms with Crippen molar-refractivity contribution >= 4 is 11.9 Å². The van der Waals surface area contributed by atoms with Crippen molar-refractivity contribution in [3.05, 3.63) is 0 Å². The van der Waals surface area contributed by atoms with Crippen molar-refractivity contribution in [3.8, 4) is 0 Å². The van der Waals surface area contributed by atoms with Gasteiger partial charge in [-0.15, -0.1) is 0 Å². The van der Waals surface area contributed by atoms with Crippen LogP contribution in [0.25, 0.3) is 0 Å². The minimum Gasteiger partial charge on any atom is -0.463 e. The molecule has 0 aromatic rings. The molecule has 0 aromatic heterocycles. The Labute approximate surface area is 146 Å². The Morgan fingerprint density at radius 1 is 0.667 bits per heavy atom. The first-order chi connectivity index (χ1) is 11.4. The zero-order chi connectivity index (χ0) is 17.7. The Hall–Kier alpha value is -1.06. The van der Waals surface area contributed by atoms with Gasteiger partial charge in [0.25, 0.3) is 0 Å². The third kappa shape index (κ3) is 4.97. The zero-order valence-electron chi connectivity index (χ0n) is 15.8. The molecule has 0 aromatic carbocycles. The van der Waals surface area contributed by atoms with Crippen LogP contribution >= 0.6 is 0 Å². The molecule has 0 amide bonds. The van der Waals surface area contributed by atoms with Crippen molar-refractivity contribution in [1.82, 2.24) is 0 Å². The van der Waals surface area contributed by atoms with Crippen molar-refractivity contribution in [1.29, 1.82) is 0 Å². The Balaban J connectivity index is 2.13. The lowest BCUT2D eigenvalue weighted by Crippen LogP contribution is -2.41. The van der Waals surface area contributed by atoms with Crippen LogP contribution in [0.15, 0.2) is 0 Å². The van der Waals surface area contributed by atoms with E-state index < -0.39 is 0 Å². The van der Waals surface area contributed by atoms with Gasteiger partial charge in [0.15, 0.2) is 0 Å². The standard InChI is InChI=1S/C20H34O4/c1-13(2)23-19(21)17-11-7-5-9-15(17)16-10-6-8-12-18(16)20(22)24-14(3)4/h13-18H,5-12H2,1-4H3. The molecule has 4 unspecified atom stereocenters. The van der Waals surface area contributed by atoms with Crippen molar-refractivity contribution in [2.24, 2.45) is 23.7 Å². The maximum absolute atomic E-state index is 12.6. The predicted molar refractivity (Wildman–Crippen MR) is 93.4 cm³/mol. The van der Waals surface area contributed by atoms with E-state index in [1.807, 2.05) is 27.7 Å². The van der Waals surface area contributed by atoms with Crippen LogP contribution in [-0.4, -0.2) is 24.1 Å². The van der Waals surface area contributed by atoms with E-state index in [1.54, 1.807) is 0 Å². The Morgan fingerprint density at radius 2 is 1.00 bits per heavy atom. The molecule has 138 valence electrons. The van der Waals surface area contributed by atoms with Crippen LogP contribution in [0, 0.1) is 23.7 Å². The summed E-state index contributed by atoms with van der Waals surface area (Å²) in [6, 6.07) is 0. The quantitative estimate of drug-likeness (QED) is 0.692. The number of ether oxygens (including phenoxy) is 2. The van der Waals surface area contributed by atoms with E-state index in [-0.39, 0.29) is 47.8 Å². The SMILES string of the molecule is CC(C)OC(=O)C1CCCCC1C1CCCCC1C(=O)OC(C)C. The lowest BCUT2D eigenvalue weighted by atomic mass is 9.64. The minimum atomic E-state index is -0.0758. The van der Waals surface area contributed by atoms with Crippen LogP contribution in [0.4, 0.5) is 0 Å². The molecule has 4 nitrogen and oxygen atoms in total. The monoisotopic (exact) mass is 338 g/mol. The fourth-order valence-electron chi connectivity index (χ4n) is 4.57. The van der Waals surface area contributed by atoms with E-state index in [0.29, 0.717) is 0 Å². The van der Waals surface area contributed by atoms with Gasteiger partial charge in [-0.2, -0.15) is 0 Å². The first-order valence-electron chi connectivity index (χ1n) is 9.81. The summed E-state index contributed by atoms with van der Waals surface area (Å²) in [6.07, 6.45) is 8.20. The van der Waals surface area contributed by atoms with E-state index in [4.69, 9.17) is 9.47 Å². The van der Waals surface area contributed by atoms with E-state index in [0.717, 1.165) is 51.4 Å². The highest BCUT2D eigenvalue weighted by Crippen LogP contribution is 2.45. The highest BCUT2D eigenvalue weighted by Gasteiger charge is 2.44. The Kier molecular flexibility index (Phi) is 7.12. The molecular weight excluding hydrogens is 304 g/mol. The van der Waals surface area contributed by atoms with Gasteiger partial charge in [-0.3, -0.25) is 9.59 Å².